The largest absolute Gasteiger partial charge is 0.383 e. The highest BCUT2D eigenvalue weighted by Gasteiger charge is 2.25. The monoisotopic (exact) mass is 568 g/mol. The molecular weight excluding hydrogens is 523 g/mol. The molecule has 0 bridgehead atoms. The van der Waals surface area contributed by atoms with Crippen molar-refractivity contribution < 1.29 is 14.3 Å². The zero-order chi connectivity index (χ0) is 29.1. The van der Waals surface area contributed by atoms with Crippen molar-refractivity contribution >= 4 is 46.5 Å². The van der Waals surface area contributed by atoms with Crippen LogP contribution >= 0.6 is 23.2 Å². The number of benzene rings is 2. The number of nitrogens with two attached hydrogens (primary N) is 1. The molecule has 1 atom stereocenters. The summed E-state index contributed by atoms with van der Waals surface area (Å²) in [5.41, 5.74) is 8.03. The number of likely N-dealkylation sites (tertiary alicyclic amines) is 1. The fraction of sp³-hybridized carbons (Fsp3) is 0.517. The standard InChI is InChI=1S/C22H26Cl2N4O3.C3H8.2C2H6/c1-31-13-19(25)21(29)26-16-7-5-14(6-8-16)15-9-11-28(12-10-15)22(30)27-20-17(23)3-2-4-18(20)24;1-3-2;2*1-2/h2-8,15,19H,9-13,25H2,1H3,(H,26,29)(H,27,30);3H2,1-2H3;2*1-2H3. The Morgan fingerprint density at radius 1 is 0.974 bits per heavy atom. The molecule has 2 aromatic carbocycles. The topological polar surface area (TPSA) is 96.7 Å². The number of urea groups is 1. The van der Waals surface area contributed by atoms with Gasteiger partial charge in [0.15, 0.2) is 0 Å². The third kappa shape index (κ3) is 12.0. The van der Waals surface area contributed by atoms with E-state index in [-0.39, 0.29) is 18.5 Å². The van der Waals surface area contributed by atoms with Gasteiger partial charge in [0.2, 0.25) is 5.91 Å². The van der Waals surface area contributed by atoms with E-state index in [2.05, 4.69) is 24.5 Å². The van der Waals surface area contributed by atoms with E-state index >= 15 is 0 Å². The van der Waals surface area contributed by atoms with Gasteiger partial charge in [0.05, 0.1) is 22.3 Å². The Bertz CT molecular complexity index is 914. The van der Waals surface area contributed by atoms with Gasteiger partial charge < -0.3 is 26.0 Å². The first-order chi connectivity index (χ1) is 18.3. The highest BCUT2D eigenvalue weighted by Crippen LogP contribution is 2.32. The molecule has 0 aromatic heterocycles. The molecule has 0 aliphatic carbocycles. The average Bonchev–Trinajstić information content (AvgIpc) is 2.94. The number of rotatable bonds is 6. The zero-order valence-corrected chi connectivity index (χ0v) is 25.5. The summed E-state index contributed by atoms with van der Waals surface area (Å²) in [4.78, 5) is 26.4. The summed E-state index contributed by atoms with van der Waals surface area (Å²) in [5.74, 6) is 0.0565. The number of nitrogens with zero attached hydrogens (tertiary/aromatic N) is 1. The maximum Gasteiger partial charge on any atom is 0.321 e. The lowest BCUT2D eigenvalue weighted by molar-refractivity contribution is -0.118. The Balaban J connectivity index is 0.00000179. The molecule has 1 saturated heterocycles. The molecule has 214 valence electrons. The Kier molecular flexibility index (Phi) is 19.4. The molecule has 38 heavy (non-hydrogen) atoms. The normalized spacial score (nSPS) is 13.4. The van der Waals surface area contributed by atoms with Gasteiger partial charge in [0, 0.05) is 25.9 Å². The molecule has 1 fully saturated rings. The van der Waals surface area contributed by atoms with Crippen LogP contribution in [0.1, 0.15) is 72.3 Å². The molecule has 0 radical (unpaired) electrons. The number of piperidine rings is 1. The van der Waals surface area contributed by atoms with E-state index in [9.17, 15) is 9.59 Å². The molecule has 1 aliphatic heterocycles. The van der Waals surface area contributed by atoms with Crippen molar-refractivity contribution in [3.05, 3.63) is 58.1 Å². The van der Waals surface area contributed by atoms with Crippen molar-refractivity contribution in [2.24, 2.45) is 5.73 Å². The van der Waals surface area contributed by atoms with E-state index in [1.54, 1.807) is 23.1 Å². The van der Waals surface area contributed by atoms with Crippen molar-refractivity contribution in [2.45, 2.75) is 72.8 Å². The molecule has 1 heterocycles. The van der Waals surface area contributed by atoms with Gasteiger partial charge in [-0.1, -0.05) is 89.4 Å². The number of para-hydroxylation sites is 1. The Labute approximate surface area is 239 Å². The second-order valence-electron chi connectivity index (χ2n) is 8.17. The lowest BCUT2D eigenvalue weighted by Gasteiger charge is -2.32. The van der Waals surface area contributed by atoms with Gasteiger partial charge in [-0.05, 0) is 48.6 Å². The van der Waals surface area contributed by atoms with E-state index < -0.39 is 6.04 Å². The summed E-state index contributed by atoms with van der Waals surface area (Å²) in [6.07, 6.45) is 2.93. The molecular formula is C29H46Cl2N4O3. The van der Waals surface area contributed by atoms with Crippen LogP contribution in [0.4, 0.5) is 16.2 Å². The minimum Gasteiger partial charge on any atom is -0.383 e. The number of hydrogen-bond acceptors (Lipinski definition) is 4. The number of anilines is 2. The predicted molar refractivity (Wildman–Crippen MR) is 163 cm³/mol. The van der Waals surface area contributed by atoms with Crippen molar-refractivity contribution in [3.8, 4) is 0 Å². The summed E-state index contributed by atoms with van der Waals surface area (Å²) in [6, 6.07) is 11.9. The smallest absolute Gasteiger partial charge is 0.321 e. The van der Waals surface area contributed by atoms with Crippen LogP contribution < -0.4 is 16.4 Å². The van der Waals surface area contributed by atoms with Crippen molar-refractivity contribution in [1.29, 1.82) is 0 Å². The Morgan fingerprint density at radius 2 is 1.47 bits per heavy atom. The van der Waals surface area contributed by atoms with E-state index in [1.807, 2.05) is 52.0 Å². The van der Waals surface area contributed by atoms with Crippen molar-refractivity contribution in [2.75, 3.05) is 37.4 Å². The summed E-state index contributed by atoms with van der Waals surface area (Å²) in [6.45, 7) is 13.7. The van der Waals surface area contributed by atoms with Gasteiger partial charge in [-0.15, -0.1) is 0 Å². The van der Waals surface area contributed by atoms with Gasteiger partial charge in [-0.2, -0.15) is 0 Å². The van der Waals surface area contributed by atoms with Crippen molar-refractivity contribution in [3.63, 3.8) is 0 Å². The second-order valence-corrected chi connectivity index (χ2v) is 8.98. The van der Waals surface area contributed by atoms with Gasteiger partial charge in [-0.3, -0.25) is 4.79 Å². The Morgan fingerprint density at radius 3 is 1.95 bits per heavy atom. The maximum absolute atomic E-state index is 12.6. The van der Waals surface area contributed by atoms with E-state index in [0.29, 0.717) is 40.4 Å². The SMILES string of the molecule is CC.CC.CCC.COCC(N)C(=O)Nc1ccc(C2CCN(C(=O)Nc3c(Cl)cccc3Cl)CC2)cc1. The van der Waals surface area contributed by atoms with Crippen LogP contribution in [0.3, 0.4) is 0 Å². The minimum atomic E-state index is -0.708. The molecule has 3 amide bonds. The summed E-state index contributed by atoms with van der Waals surface area (Å²) in [5, 5.41) is 6.41. The van der Waals surface area contributed by atoms with Crippen LogP contribution in [-0.2, 0) is 9.53 Å². The fourth-order valence-electron chi connectivity index (χ4n) is 3.55. The van der Waals surface area contributed by atoms with E-state index in [4.69, 9.17) is 33.7 Å². The number of halogens is 2. The highest BCUT2D eigenvalue weighted by atomic mass is 35.5. The molecule has 4 N–H and O–H groups in total. The fourth-order valence-corrected chi connectivity index (χ4v) is 4.04. The van der Waals surface area contributed by atoms with Crippen LogP contribution in [0.15, 0.2) is 42.5 Å². The third-order valence-electron chi connectivity index (χ3n) is 5.31. The number of carbonyl (C=O) groups is 2. The molecule has 0 saturated carbocycles. The molecule has 1 aliphatic rings. The number of nitrogens with one attached hydrogen (secondary N) is 2. The lowest BCUT2D eigenvalue weighted by atomic mass is 9.89. The predicted octanol–water partition coefficient (Wildman–Crippen LogP) is 7.79. The first-order valence-electron chi connectivity index (χ1n) is 13.5. The number of carbonyl (C=O) groups excluding carboxylic acids is 2. The van der Waals surface area contributed by atoms with Crippen LogP contribution in [0.25, 0.3) is 0 Å². The highest BCUT2D eigenvalue weighted by molar-refractivity contribution is 6.39. The number of methoxy groups -OCH3 is 1. The summed E-state index contributed by atoms with van der Waals surface area (Å²) >= 11 is 12.3. The van der Waals surface area contributed by atoms with Crippen LogP contribution in [0.2, 0.25) is 10.0 Å². The molecule has 3 rings (SSSR count). The number of amides is 3. The quantitative estimate of drug-likeness (QED) is 0.331. The molecule has 0 spiro atoms. The summed E-state index contributed by atoms with van der Waals surface area (Å²) < 4.78 is 4.90. The minimum absolute atomic E-state index is 0.165. The van der Waals surface area contributed by atoms with Gasteiger partial charge in [0.25, 0.3) is 0 Å². The van der Waals surface area contributed by atoms with Gasteiger partial charge in [-0.25, -0.2) is 4.79 Å². The van der Waals surface area contributed by atoms with Gasteiger partial charge >= 0.3 is 6.03 Å². The number of ether oxygens (including phenoxy) is 1. The second kappa shape index (κ2) is 20.6. The van der Waals surface area contributed by atoms with Crippen molar-refractivity contribution in [1.82, 2.24) is 4.90 Å². The van der Waals surface area contributed by atoms with Crippen LogP contribution in [-0.4, -0.2) is 49.7 Å². The van der Waals surface area contributed by atoms with E-state index in [1.165, 1.54) is 19.1 Å². The lowest BCUT2D eigenvalue weighted by Crippen LogP contribution is -2.40. The zero-order valence-electron chi connectivity index (χ0n) is 23.9. The molecule has 2 aromatic rings. The van der Waals surface area contributed by atoms with Crippen LogP contribution in [0, 0.1) is 0 Å². The maximum atomic E-state index is 12.6. The summed E-state index contributed by atoms with van der Waals surface area (Å²) in [7, 11) is 1.50. The molecule has 1 unspecified atom stereocenters. The Hall–Kier alpha value is -2.32. The van der Waals surface area contributed by atoms with Gasteiger partial charge in [0.1, 0.15) is 6.04 Å². The first kappa shape index (κ1) is 35.7. The van der Waals surface area contributed by atoms with Crippen LogP contribution in [0.5, 0.6) is 0 Å². The number of hydrogen-bond donors (Lipinski definition) is 3. The molecule has 9 heteroatoms. The third-order valence-corrected chi connectivity index (χ3v) is 5.94. The average molecular weight is 570 g/mol. The first-order valence-corrected chi connectivity index (χ1v) is 14.2. The molecule has 7 nitrogen and oxygen atoms in total. The van der Waals surface area contributed by atoms with E-state index in [0.717, 1.165) is 12.8 Å².